The average molecular weight is 437 g/mol. The number of piperidine rings is 1. The van der Waals surface area contributed by atoms with E-state index < -0.39 is 0 Å². The zero-order valence-corrected chi connectivity index (χ0v) is 17.7. The van der Waals surface area contributed by atoms with Gasteiger partial charge in [-0.25, -0.2) is 4.39 Å². The summed E-state index contributed by atoms with van der Waals surface area (Å²) in [5.41, 5.74) is 2.48. The number of pyridine rings is 1. The molecule has 0 aliphatic carbocycles. The number of aromatic nitrogens is 1. The average Bonchev–Trinajstić information content (AvgIpc) is 2.79. The van der Waals surface area contributed by atoms with E-state index in [1.165, 1.54) is 12.3 Å². The van der Waals surface area contributed by atoms with Gasteiger partial charge in [-0.05, 0) is 42.2 Å². The fourth-order valence-corrected chi connectivity index (χ4v) is 4.14. The van der Waals surface area contributed by atoms with Crippen molar-refractivity contribution in [1.29, 1.82) is 0 Å². The topological polar surface area (TPSA) is 50.3 Å². The Labute approximate surface area is 185 Å². The van der Waals surface area contributed by atoms with E-state index in [9.17, 15) is 14.0 Å². The maximum Gasteiger partial charge on any atom is 0.272 e. The van der Waals surface area contributed by atoms with Gasteiger partial charge in [0.25, 0.3) is 5.91 Å². The highest BCUT2D eigenvalue weighted by molar-refractivity contribution is 6.30. The SMILES string of the molecule is O=C(Cc1cccc(-c2ccccc2F)c1)C1CCN(C(=O)c2cc(Cl)ccn2)CC1. The van der Waals surface area contributed by atoms with E-state index in [-0.39, 0.29) is 23.4 Å². The van der Waals surface area contributed by atoms with Gasteiger partial charge in [0.05, 0.1) is 0 Å². The van der Waals surface area contributed by atoms with Crippen LogP contribution in [0.3, 0.4) is 0 Å². The minimum absolute atomic E-state index is 0.0894. The lowest BCUT2D eigenvalue weighted by molar-refractivity contribution is -0.123. The molecule has 0 spiro atoms. The number of nitrogens with zero attached hydrogens (tertiary/aromatic N) is 2. The molecule has 1 fully saturated rings. The van der Waals surface area contributed by atoms with Gasteiger partial charge in [-0.3, -0.25) is 14.6 Å². The number of hydrogen-bond donors (Lipinski definition) is 0. The summed E-state index contributed by atoms with van der Waals surface area (Å²) in [5, 5.41) is 0.473. The Kier molecular flexibility index (Phi) is 6.42. The molecule has 0 atom stereocenters. The van der Waals surface area contributed by atoms with Gasteiger partial charge in [0.2, 0.25) is 0 Å². The molecule has 3 aromatic rings. The van der Waals surface area contributed by atoms with Crippen molar-refractivity contribution >= 4 is 23.3 Å². The predicted octanol–water partition coefficient (Wildman–Crippen LogP) is 5.21. The number of halogens is 2. The molecular formula is C25H22ClFN2O2. The third kappa shape index (κ3) is 5.00. The molecule has 0 saturated carbocycles. The second-order valence-electron chi connectivity index (χ2n) is 7.75. The Morgan fingerprint density at radius 1 is 1.03 bits per heavy atom. The van der Waals surface area contributed by atoms with E-state index in [1.807, 2.05) is 24.3 Å². The molecule has 0 unspecified atom stereocenters. The molecule has 4 rings (SSSR count). The smallest absolute Gasteiger partial charge is 0.272 e. The summed E-state index contributed by atoms with van der Waals surface area (Å²) >= 11 is 5.95. The van der Waals surface area contributed by atoms with Crippen LogP contribution in [0.4, 0.5) is 4.39 Å². The number of ketones is 1. The highest BCUT2D eigenvalue weighted by Gasteiger charge is 2.28. The van der Waals surface area contributed by atoms with Gasteiger partial charge in [0.1, 0.15) is 17.3 Å². The Morgan fingerprint density at radius 3 is 2.55 bits per heavy atom. The summed E-state index contributed by atoms with van der Waals surface area (Å²) < 4.78 is 14.1. The molecule has 0 radical (unpaired) electrons. The minimum Gasteiger partial charge on any atom is -0.337 e. The molecule has 1 aliphatic rings. The normalized spacial score (nSPS) is 14.5. The zero-order chi connectivity index (χ0) is 21.8. The minimum atomic E-state index is -0.280. The molecule has 31 heavy (non-hydrogen) atoms. The monoisotopic (exact) mass is 436 g/mol. The number of Topliss-reactive ketones (excluding diaryl/α,β-unsaturated/α-hetero) is 1. The lowest BCUT2D eigenvalue weighted by Crippen LogP contribution is -2.40. The predicted molar refractivity (Wildman–Crippen MR) is 118 cm³/mol. The van der Waals surface area contributed by atoms with Crippen molar-refractivity contribution in [3.63, 3.8) is 0 Å². The number of benzene rings is 2. The summed E-state index contributed by atoms with van der Waals surface area (Å²) in [6, 6.07) is 17.3. The number of hydrogen-bond acceptors (Lipinski definition) is 3. The van der Waals surface area contributed by atoms with E-state index in [1.54, 1.807) is 35.2 Å². The van der Waals surface area contributed by atoms with Crippen molar-refractivity contribution in [1.82, 2.24) is 9.88 Å². The van der Waals surface area contributed by atoms with Crippen LogP contribution in [0, 0.1) is 11.7 Å². The van der Waals surface area contributed by atoms with Crippen LogP contribution in [0.15, 0.2) is 66.9 Å². The Morgan fingerprint density at radius 2 is 1.81 bits per heavy atom. The lowest BCUT2D eigenvalue weighted by Gasteiger charge is -2.31. The quantitative estimate of drug-likeness (QED) is 0.552. The second-order valence-corrected chi connectivity index (χ2v) is 8.19. The summed E-state index contributed by atoms with van der Waals surface area (Å²) in [6.45, 7) is 1.03. The maximum absolute atomic E-state index is 14.1. The highest BCUT2D eigenvalue weighted by atomic mass is 35.5. The number of rotatable bonds is 5. The first kappa shape index (κ1) is 21.2. The molecule has 1 amide bonds. The first-order chi connectivity index (χ1) is 15.0. The summed E-state index contributed by atoms with van der Waals surface area (Å²) in [6.07, 6.45) is 3.06. The number of carbonyl (C=O) groups is 2. The van der Waals surface area contributed by atoms with Crippen LogP contribution in [0.1, 0.15) is 28.9 Å². The van der Waals surface area contributed by atoms with Crippen molar-refractivity contribution in [2.75, 3.05) is 13.1 Å². The van der Waals surface area contributed by atoms with E-state index in [0.29, 0.717) is 48.6 Å². The van der Waals surface area contributed by atoms with E-state index in [2.05, 4.69) is 4.98 Å². The van der Waals surface area contributed by atoms with E-state index in [0.717, 1.165) is 11.1 Å². The molecular weight excluding hydrogens is 415 g/mol. The van der Waals surface area contributed by atoms with Gasteiger partial charge in [0.15, 0.2) is 0 Å². The fourth-order valence-electron chi connectivity index (χ4n) is 3.98. The van der Waals surface area contributed by atoms with Gasteiger partial charge in [-0.15, -0.1) is 0 Å². The van der Waals surface area contributed by atoms with E-state index >= 15 is 0 Å². The second kappa shape index (κ2) is 9.40. The van der Waals surface area contributed by atoms with Crippen molar-refractivity contribution in [3.8, 4) is 11.1 Å². The standard InChI is InChI=1S/C25H22ClFN2O2/c26-20-8-11-28-23(16-20)25(31)29-12-9-18(10-13-29)24(30)15-17-4-3-5-19(14-17)21-6-1-2-7-22(21)27/h1-8,11,14,16,18H,9-10,12-13,15H2. The number of likely N-dealkylation sites (tertiary alicyclic amines) is 1. The van der Waals surface area contributed by atoms with Crippen LogP contribution < -0.4 is 0 Å². The van der Waals surface area contributed by atoms with Crippen LogP contribution >= 0.6 is 11.6 Å². The largest absolute Gasteiger partial charge is 0.337 e. The summed E-state index contributed by atoms with van der Waals surface area (Å²) in [5.74, 6) is -0.379. The first-order valence-corrected chi connectivity index (χ1v) is 10.7. The van der Waals surface area contributed by atoms with Crippen LogP contribution in [0.2, 0.25) is 5.02 Å². The van der Waals surface area contributed by atoms with Gasteiger partial charge in [-0.1, -0.05) is 54.1 Å². The van der Waals surface area contributed by atoms with Gasteiger partial charge in [-0.2, -0.15) is 0 Å². The molecule has 0 bridgehead atoms. The van der Waals surface area contributed by atoms with Crippen molar-refractivity contribution in [2.45, 2.75) is 19.3 Å². The summed E-state index contributed by atoms with van der Waals surface area (Å²) in [7, 11) is 0. The Bertz CT molecular complexity index is 1110. The first-order valence-electron chi connectivity index (χ1n) is 10.3. The zero-order valence-electron chi connectivity index (χ0n) is 16.9. The molecule has 158 valence electrons. The third-order valence-corrected chi connectivity index (χ3v) is 5.90. The highest BCUT2D eigenvalue weighted by Crippen LogP contribution is 2.25. The molecule has 1 aliphatic heterocycles. The molecule has 2 aromatic carbocycles. The molecule has 2 heterocycles. The van der Waals surface area contributed by atoms with Crippen LogP contribution in [-0.4, -0.2) is 34.7 Å². The number of amides is 1. The molecule has 1 aromatic heterocycles. The van der Waals surface area contributed by atoms with Crippen LogP contribution in [-0.2, 0) is 11.2 Å². The number of carbonyl (C=O) groups excluding carboxylic acids is 2. The summed E-state index contributed by atoms with van der Waals surface area (Å²) in [4.78, 5) is 31.3. The van der Waals surface area contributed by atoms with E-state index in [4.69, 9.17) is 11.6 Å². The molecule has 0 N–H and O–H groups in total. The fraction of sp³-hybridized carbons (Fsp3) is 0.240. The molecule has 1 saturated heterocycles. The van der Waals surface area contributed by atoms with Crippen molar-refractivity contribution in [3.05, 3.63) is 89.0 Å². The molecule has 6 heteroatoms. The van der Waals surface area contributed by atoms with Gasteiger partial charge < -0.3 is 4.90 Å². The lowest BCUT2D eigenvalue weighted by atomic mass is 9.88. The van der Waals surface area contributed by atoms with Gasteiger partial charge in [0, 0.05) is 42.2 Å². The van der Waals surface area contributed by atoms with Crippen molar-refractivity contribution in [2.24, 2.45) is 5.92 Å². The van der Waals surface area contributed by atoms with Crippen LogP contribution in [0.5, 0.6) is 0 Å². The Balaban J connectivity index is 1.37. The Hall–Kier alpha value is -3.05. The molecule has 4 nitrogen and oxygen atoms in total. The van der Waals surface area contributed by atoms with Gasteiger partial charge >= 0.3 is 0 Å². The van der Waals surface area contributed by atoms with Crippen molar-refractivity contribution < 1.29 is 14.0 Å². The third-order valence-electron chi connectivity index (χ3n) is 5.67. The maximum atomic E-state index is 14.1. The van der Waals surface area contributed by atoms with Crippen LogP contribution in [0.25, 0.3) is 11.1 Å².